The number of rotatable bonds is 6. The SMILES string of the molecule is CC(C)(CCO)CNC(=O)c1cc(-c2ccco2)on1. The molecule has 0 aliphatic carbocycles. The van der Waals surface area contributed by atoms with Crippen LogP contribution in [0.15, 0.2) is 33.4 Å². The van der Waals surface area contributed by atoms with Gasteiger partial charge in [0, 0.05) is 19.2 Å². The van der Waals surface area contributed by atoms with Gasteiger partial charge in [0.25, 0.3) is 5.91 Å². The van der Waals surface area contributed by atoms with E-state index in [9.17, 15) is 4.79 Å². The fourth-order valence-corrected chi connectivity index (χ4v) is 1.72. The van der Waals surface area contributed by atoms with Crippen LogP contribution in [-0.2, 0) is 0 Å². The molecule has 0 spiro atoms. The van der Waals surface area contributed by atoms with Crippen LogP contribution >= 0.6 is 0 Å². The second kappa shape index (κ2) is 5.92. The van der Waals surface area contributed by atoms with E-state index in [1.54, 1.807) is 12.1 Å². The van der Waals surface area contributed by atoms with Crippen LogP contribution in [0, 0.1) is 5.41 Å². The predicted molar refractivity (Wildman–Crippen MR) is 72.0 cm³/mol. The van der Waals surface area contributed by atoms with E-state index in [1.807, 2.05) is 13.8 Å². The molecule has 108 valence electrons. The fourth-order valence-electron chi connectivity index (χ4n) is 1.72. The van der Waals surface area contributed by atoms with Gasteiger partial charge >= 0.3 is 0 Å². The summed E-state index contributed by atoms with van der Waals surface area (Å²) in [7, 11) is 0. The van der Waals surface area contributed by atoms with Crippen molar-refractivity contribution in [3.63, 3.8) is 0 Å². The Bertz CT molecular complexity index is 558. The molecule has 2 aromatic rings. The van der Waals surface area contributed by atoms with E-state index < -0.39 is 0 Å². The number of aliphatic hydroxyl groups is 1. The Kier molecular flexibility index (Phi) is 4.24. The van der Waals surface area contributed by atoms with Crippen molar-refractivity contribution in [1.82, 2.24) is 10.5 Å². The van der Waals surface area contributed by atoms with Crippen molar-refractivity contribution in [2.75, 3.05) is 13.2 Å². The quantitative estimate of drug-likeness (QED) is 0.844. The van der Waals surface area contributed by atoms with Crippen LogP contribution < -0.4 is 5.32 Å². The highest BCUT2D eigenvalue weighted by Gasteiger charge is 2.20. The second-order valence-electron chi connectivity index (χ2n) is 5.37. The maximum atomic E-state index is 12.0. The molecule has 2 heterocycles. The highest BCUT2D eigenvalue weighted by Crippen LogP contribution is 2.21. The van der Waals surface area contributed by atoms with Crippen molar-refractivity contribution in [3.05, 3.63) is 30.2 Å². The van der Waals surface area contributed by atoms with E-state index >= 15 is 0 Å². The number of carbonyl (C=O) groups is 1. The van der Waals surface area contributed by atoms with E-state index in [1.165, 1.54) is 12.3 Å². The average molecular weight is 278 g/mol. The van der Waals surface area contributed by atoms with Crippen molar-refractivity contribution < 1.29 is 18.8 Å². The molecule has 0 saturated carbocycles. The van der Waals surface area contributed by atoms with Crippen LogP contribution in [0.2, 0.25) is 0 Å². The van der Waals surface area contributed by atoms with E-state index in [4.69, 9.17) is 14.0 Å². The summed E-state index contributed by atoms with van der Waals surface area (Å²) in [6, 6.07) is 4.99. The summed E-state index contributed by atoms with van der Waals surface area (Å²) in [5, 5.41) is 15.4. The Morgan fingerprint density at radius 1 is 1.45 bits per heavy atom. The normalized spacial score (nSPS) is 11.6. The Morgan fingerprint density at radius 2 is 2.25 bits per heavy atom. The van der Waals surface area contributed by atoms with Gasteiger partial charge in [-0.3, -0.25) is 4.79 Å². The summed E-state index contributed by atoms with van der Waals surface area (Å²) in [5.74, 6) is 0.629. The minimum Gasteiger partial charge on any atom is -0.461 e. The maximum absolute atomic E-state index is 12.0. The van der Waals surface area contributed by atoms with Gasteiger partial charge in [-0.05, 0) is 24.0 Å². The number of hydrogen-bond donors (Lipinski definition) is 2. The van der Waals surface area contributed by atoms with Crippen LogP contribution in [-0.4, -0.2) is 29.3 Å². The first-order valence-corrected chi connectivity index (χ1v) is 6.41. The van der Waals surface area contributed by atoms with Gasteiger partial charge in [-0.2, -0.15) is 0 Å². The Hall–Kier alpha value is -2.08. The number of nitrogens with one attached hydrogen (secondary N) is 1. The molecule has 6 heteroatoms. The summed E-state index contributed by atoms with van der Waals surface area (Å²) in [6.45, 7) is 4.49. The third-order valence-corrected chi connectivity index (χ3v) is 3.02. The molecule has 20 heavy (non-hydrogen) atoms. The van der Waals surface area contributed by atoms with Gasteiger partial charge in [-0.1, -0.05) is 19.0 Å². The number of aromatic nitrogens is 1. The number of carbonyl (C=O) groups excluding carboxylic acids is 1. The average Bonchev–Trinajstić information content (AvgIpc) is 3.06. The van der Waals surface area contributed by atoms with Crippen molar-refractivity contribution in [2.45, 2.75) is 20.3 Å². The number of aliphatic hydroxyl groups excluding tert-OH is 1. The fraction of sp³-hybridized carbons (Fsp3) is 0.429. The van der Waals surface area contributed by atoms with E-state index in [-0.39, 0.29) is 23.6 Å². The lowest BCUT2D eigenvalue weighted by atomic mass is 9.90. The van der Waals surface area contributed by atoms with Crippen molar-refractivity contribution >= 4 is 5.91 Å². The number of amides is 1. The summed E-state index contributed by atoms with van der Waals surface area (Å²) in [5.41, 5.74) is 0.0361. The zero-order chi connectivity index (χ0) is 14.6. The summed E-state index contributed by atoms with van der Waals surface area (Å²) in [6.07, 6.45) is 2.14. The minimum atomic E-state index is -0.308. The lowest BCUT2D eigenvalue weighted by Gasteiger charge is -2.23. The van der Waals surface area contributed by atoms with Gasteiger partial charge in [0.05, 0.1) is 6.26 Å². The molecule has 2 rings (SSSR count). The van der Waals surface area contributed by atoms with Crippen LogP contribution in [0.5, 0.6) is 0 Å². The van der Waals surface area contributed by atoms with Crippen LogP contribution in [0.1, 0.15) is 30.8 Å². The first-order chi connectivity index (χ1) is 9.52. The third kappa shape index (κ3) is 3.48. The zero-order valence-electron chi connectivity index (χ0n) is 11.5. The molecule has 0 radical (unpaired) electrons. The molecule has 0 saturated heterocycles. The lowest BCUT2D eigenvalue weighted by molar-refractivity contribution is 0.0919. The molecule has 0 aliphatic rings. The summed E-state index contributed by atoms with van der Waals surface area (Å²) >= 11 is 0. The van der Waals surface area contributed by atoms with Crippen molar-refractivity contribution in [3.8, 4) is 11.5 Å². The molecule has 0 aromatic carbocycles. The molecular formula is C14H18N2O4. The molecule has 0 bridgehead atoms. The molecule has 0 aliphatic heterocycles. The van der Waals surface area contributed by atoms with Gasteiger partial charge in [0.15, 0.2) is 11.5 Å². The number of furan rings is 1. The molecular weight excluding hydrogens is 260 g/mol. The highest BCUT2D eigenvalue weighted by atomic mass is 16.5. The molecule has 2 N–H and O–H groups in total. The van der Waals surface area contributed by atoms with Crippen LogP contribution in [0.3, 0.4) is 0 Å². The second-order valence-corrected chi connectivity index (χ2v) is 5.37. The summed E-state index contributed by atoms with van der Waals surface area (Å²) in [4.78, 5) is 12.0. The van der Waals surface area contributed by atoms with Crippen LogP contribution in [0.4, 0.5) is 0 Å². The Labute approximate surface area is 116 Å². The van der Waals surface area contributed by atoms with Gasteiger partial charge in [0.1, 0.15) is 0 Å². The van der Waals surface area contributed by atoms with E-state index in [0.717, 1.165) is 0 Å². The maximum Gasteiger partial charge on any atom is 0.273 e. The predicted octanol–water partition coefficient (Wildman–Crippen LogP) is 2.07. The van der Waals surface area contributed by atoms with E-state index in [2.05, 4.69) is 10.5 Å². The minimum absolute atomic E-state index is 0.0927. The molecule has 1 amide bonds. The smallest absolute Gasteiger partial charge is 0.273 e. The standard InChI is InChI=1S/C14H18N2O4/c1-14(2,5-6-17)9-15-13(18)10-8-12(20-16-10)11-4-3-7-19-11/h3-4,7-8,17H,5-6,9H2,1-2H3,(H,15,18). The van der Waals surface area contributed by atoms with Gasteiger partial charge in [-0.25, -0.2) is 0 Å². The van der Waals surface area contributed by atoms with Crippen LogP contribution in [0.25, 0.3) is 11.5 Å². The molecule has 0 unspecified atom stereocenters. The van der Waals surface area contributed by atoms with Gasteiger partial charge < -0.3 is 19.4 Å². The molecule has 0 atom stereocenters. The number of hydrogen-bond acceptors (Lipinski definition) is 5. The van der Waals surface area contributed by atoms with E-state index in [0.29, 0.717) is 24.5 Å². The van der Waals surface area contributed by atoms with Gasteiger partial charge in [0.2, 0.25) is 5.76 Å². The topological polar surface area (TPSA) is 88.5 Å². The largest absolute Gasteiger partial charge is 0.461 e. The highest BCUT2D eigenvalue weighted by molar-refractivity contribution is 5.92. The first-order valence-electron chi connectivity index (χ1n) is 6.41. The first kappa shape index (κ1) is 14.3. The third-order valence-electron chi connectivity index (χ3n) is 3.02. The lowest BCUT2D eigenvalue weighted by Crippen LogP contribution is -2.34. The van der Waals surface area contributed by atoms with Gasteiger partial charge in [-0.15, -0.1) is 0 Å². The monoisotopic (exact) mass is 278 g/mol. The zero-order valence-corrected chi connectivity index (χ0v) is 11.5. The molecule has 2 aromatic heterocycles. The Morgan fingerprint density at radius 3 is 2.90 bits per heavy atom. The van der Waals surface area contributed by atoms with Crippen molar-refractivity contribution in [2.24, 2.45) is 5.41 Å². The Balaban J connectivity index is 1.97. The number of nitrogens with zero attached hydrogens (tertiary/aromatic N) is 1. The molecule has 6 nitrogen and oxygen atoms in total. The van der Waals surface area contributed by atoms with Crippen molar-refractivity contribution in [1.29, 1.82) is 0 Å². The molecule has 0 fully saturated rings. The summed E-state index contributed by atoms with van der Waals surface area (Å²) < 4.78 is 10.2.